The molecule has 0 spiro atoms. The van der Waals surface area contributed by atoms with E-state index in [1.54, 1.807) is 0 Å². The number of allylic oxidation sites excluding steroid dienone is 12. The van der Waals surface area contributed by atoms with Crippen molar-refractivity contribution in [2.75, 3.05) is 0 Å². The van der Waals surface area contributed by atoms with Crippen molar-refractivity contribution in [1.82, 2.24) is 0 Å². The number of rotatable bonds is 0. The zero-order valence-electron chi connectivity index (χ0n) is 17.5. The Balaban J connectivity index is 2.27. The van der Waals surface area contributed by atoms with Crippen LogP contribution >= 0.6 is 0 Å². The van der Waals surface area contributed by atoms with Gasteiger partial charge in [-0.1, -0.05) is 144 Å². The first-order valence-electron chi connectivity index (χ1n) is 11.5. The zero-order valence-corrected chi connectivity index (χ0v) is 17.5. The van der Waals surface area contributed by atoms with Crippen LogP contribution in [0.1, 0.15) is 96.3 Å². The summed E-state index contributed by atoms with van der Waals surface area (Å²) in [6.45, 7) is 0. The van der Waals surface area contributed by atoms with Crippen LogP contribution in [0.2, 0.25) is 0 Å². The first-order chi connectivity index (χ1) is 13.5. The summed E-state index contributed by atoms with van der Waals surface area (Å²) in [5.41, 5.74) is 0. The highest BCUT2D eigenvalue weighted by Gasteiger charge is 1.93. The van der Waals surface area contributed by atoms with Crippen molar-refractivity contribution in [2.24, 2.45) is 0 Å². The molecule has 0 unspecified atom stereocenters. The van der Waals surface area contributed by atoms with Gasteiger partial charge in [0.05, 0.1) is 0 Å². The Labute approximate surface area is 169 Å². The van der Waals surface area contributed by atoms with E-state index in [0.29, 0.717) is 0 Å². The summed E-state index contributed by atoms with van der Waals surface area (Å²) in [5, 5.41) is 0. The van der Waals surface area contributed by atoms with Crippen LogP contribution in [0.4, 0.5) is 0 Å². The first-order valence-corrected chi connectivity index (χ1v) is 11.5. The minimum absolute atomic E-state index is 1.21. The highest BCUT2D eigenvalue weighted by atomic mass is 14.0. The molecule has 0 amide bonds. The molecule has 1 aliphatic rings. The molecule has 0 aliphatic heterocycles. The van der Waals surface area contributed by atoms with Gasteiger partial charge >= 0.3 is 0 Å². The molecule has 1 aliphatic carbocycles. The lowest BCUT2D eigenvalue weighted by molar-refractivity contribution is 0.538. The van der Waals surface area contributed by atoms with Crippen molar-refractivity contribution < 1.29 is 0 Å². The molecule has 0 saturated carbocycles. The number of hydrogen-bond donors (Lipinski definition) is 0. The van der Waals surface area contributed by atoms with Crippen LogP contribution in [-0.4, -0.2) is 0 Å². The van der Waals surface area contributed by atoms with Crippen molar-refractivity contribution in [3.05, 3.63) is 72.9 Å². The van der Waals surface area contributed by atoms with Gasteiger partial charge in [0.15, 0.2) is 0 Å². The molecule has 0 aromatic carbocycles. The molecule has 0 nitrogen and oxygen atoms in total. The number of hydrogen-bond acceptors (Lipinski definition) is 0. The Bertz CT molecular complexity index is 426. The quantitative estimate of drug-likeness (QED) is 0.401. The lowest BCUT2D eigenvalue weighted by atomic mass is 10.0. The average Bonchev–Trinajstić information content (AvgIpc) is 2.68. The summed E-state index contributed by atoms with van der Waals surface area (Å²) in [4.78, 5) is 0. The van der Waals surface area contributed by atoms with Crippen molar-refractivity contribution >= 4 is 0 Å². The highest BCUT2D eigenvalue weighted by Crippen LogP contribution is 2.13. The molecule has 0 aromatic rings. The molecular formula is C27H42. The third-order valence-corrected chi connectivity index (χ3v) is 5.01. The Kier molecular flexibility index (Phi) is 18.0. The van der Waals surface area contributed by atoms with Crippen LogP contribution in [0.25, 0.3) is 0 Å². The predicted octanol–water partition coefficient (Wildman–Crippen LogP) is 9.19. The van der Waals surface area contributed by atoms with Gasteiger partial charge in [-0.3, -0.25) is 0 Å². The molecule has 0 aromatic heterocycles. The van der Waals surface area contributed by atoms with Gasteiger partial charge in [0.1, 0.15) is 0 Å². The van der Waals surface area contributed by atoms with Gasteiger partial charge in [-0.2, -0.15) is 0 Å². The molecular weight excluding hydrogens is 324 g/mol. The summed E-state index contributed by atoms with van der Waals surface area (Å²) in [5.74, 6) is 0. The summed E-state index contributed by atoms with van der Waals surface area (Å²) in [7, 11) is 0. The Morgan fingerprint density at radius 1 is 0.222 bits per heavy atom. The molecule has 0 radical (unpaired) electrons. The first kappa shape index (κ1) is 23.5. The van der Waals surface area contributed by atoms with Crippen LogP contribution in [-0.2, 0) is 0 Å². The van der Waals surface area contributed by atoms with Crippen LogP contribution in [0.3, 0.4) is 0 Å². The maximum Gasteiger partial charge on any atom is -0.0348 e. The van der Waals surface area contributed by atoms with E-state index in [-0.39, 0.29) is 0 Å². The standard InChI is InChI=1S/C27H42/c1-2-4-6-8-10-12-14-16-18-20-22-24-26-27-25-23-21-19-17-15-13-11-9-7-5-3-1/h1-12H,13-27H2/b3-1-,4-2-,7-5-,8-6-,11-9-,12-10?. The normalized spacial score (nSPS) is 26.4. The van der Waals surface area contributed by atoms with Gasteiger partial charge in [0.25, 0.3) is 0 Å². The molecule has 150 valence electrons. The van der Waals surface area contributed by atoms with E-state index in [1.165, 1.54) is 96.3 Å². The van der Waals surface area contributed by atoms with Gasteiger partial charge in [-0.15, -0.1) is 0 Å². The molecule has 0 fully saturated rings. The van der Waals surface area contributed by atoms with E-state index in [2.05, 4.69) is 72.9 Å². The summed E-state index contributed by atoms with van der Waals surface area (Å²) in [6, 6.07) is 0. The largest absolute Gasteiger partial charge is 0.0845 e. The van der Waals surface area contributed by atoms with E-state index in [1.807, 2.05) is 0 Å². The fourth-order valence-corrected chi connectivity index (χ4v) is 3.33. The summed E-state index contributed by atoms with van der Waals surface area (Å²) < 4.78 is 0. The van der Waals surface area contributed by atoms with Crippen LogP contribution in [0.15, 0.2) is 72.9 Å². The zero-order chi connectivity index (χ0) is 19.1. The van der Waals surface area contributed by atoms with Crippen molar-refractivity contribution in [3.8, 4) is 0 Å². The molecule has 0 bridgehead atoms. The maximum absolute atomic E-state index is 2.29. The summed E-state index contributed by atoms with van der Waals surface area (Å²) >= 11 is 0. The van der Waals surface area contributed by atoms with E-state index < -0.39 is 0 Å². The van der Waals surface area contributed by atoms with Gasteiger partial charge in [0, 0.05) is 0 Å². The third-order valence-electron chi connectivity index (χ3n) is 5.01. The topological polar surface area (TPSA) is 0 Å². The molecule has 1 rings (SSSR count). The van der Waals surface area contributed by atoms with Crippen molar-refractivity contribution in [1.29, 1.82) is 0 Å². The van der Waals surface area contributed by atoms with Gasteiger partial charge in [-0.05, 0) is 25.7 Å². The second kappa shape index (κ2) is 20.7. The molecule has 0 saturated heterocycles. The average molecular weight is 367 g/mol. The van der Waals surface area contributed by atoms with E-state index in [4.69, 9.17) is 0 Å². The third kappa shape index (κ3) is 19.0. The van der Waals surface area contributed by atoms with Crippen molar-refractivity contribution in [2.45, 2.75) is 96.3 Å². The highest BCUT2D eigenvalue weighted by molar-refractivity contribution is 5.19. The van der Waals surface area contributed by atoms with E-state index >= 15 is 0 Å². The SMILES string of the molecule is C1=CCCCCCCCCCCCCCCC\C=C/C=C\C=C/C=C\C=C/1. The van der Waals surface area contributed by atoms with Gasteiger partial charge < -0.3 is 0 Å². The minimum atomic E-state index is 1.21. The Hall–Kier alpha value is -1.56. The lowest BCUT2D eigenvalue weighted by Gasteiger charge is -2.03. The van der Waals surface area contributed by atoms with Gasteiger partial charge in [-0.25, -0.2) is 0 Å². The minimum Gasteiger partial charge on any atom is -0.0845 e. The van der Waals surface area contributed by atoms with Crippen molar-refractivity contribution in [3.63, 3.8) is 0 Å². The predicted molar refractivity (Wildman–Crippen MR) is 124 cm³/mol. The van der Waals surface area contributed by atoms with Crippen LogP contribution in [0, 0.1) is 0 Å². The molecule has 0 heteroatoms. The van der Waals surface area contributed by atoms with Gasteiger partial charge in [0.2, 0.25) is 0 Å². The smallest absolute Gasteiger partial charge is 0.0348 e. The van der Waals surface area contributed by atoms with E-state index in [0.717, 1.165) is 0 Å². The second-order valence-corrected chi connectivity index (χ2v) is 7.57. The fraction of sp³-hybridized carbons (Fsp3) is 0.556. The van der Waals surface area contributed by atoms with Crippen LogP contribution < -0.4 is 0 Å². The molecule has 0 heterocycles. The second-order valence-electron chi connectivity index (χ2n) is 7.57. The molecule has 27 heavy (non-hydrogen) atoms. The molecule has 0 N–H and O–H groups in total. The van der Waals surface area contributed by atoms with E-state index in [9.17, 15) is 0 Å². The summed E-state index contributed by atoms with van der Waals surface area (Å²) in [6.07, 6.45) is 46.5. The van der Waals surface area contributed by atoms with Crippen LogP contribution in [0.5, 0.6) is 0 Å². The maximum atomic E-state index is 2.29. The Morgan fingerprint density at radius 3 is 0.741 bits per heavy atom. The Morgan fingerprint density at radius 2 is 0.444 bits per heavy atom. The lowest BCUT2D eigenvalue weighted by Crippen LogP contribution is -1.83. The molecule has 0 atom stereocenters. The monoisotopic (exact) mass is 366 g/mol. The fourth-order valence-electron chi connectivity index (χ4n) is 3.33.